The van der Waals surface area contributed by atoms with E-state index in [0.717, 1.165) is 0 Å². The molecule has 0 aliphatic rings. The average Bonchev–Trinajstić information content (AvgIpc) is 0. The van der Waals surface area contributed by atoms with E-state index in [4.69, 9.17) is 0 Å². The predicted octanol–water partition coefficient (Wildman–Crippen LogP) is -4.57. The van der Waals surface area contributed by atoms with Crippen LogP contribution in [0.3, 0.4) is 0 Å². The minimum absolute atomic E-state index is 0. The van der Waals surface area contributed by atoms with E-state index >= 15 is 0 Å². The van der Waals surface area contributed by atoms with E-state index in [0.29, 0.717) is 0 Å². The van der Waals surface area contributed by atoms with Crippen molar-refractivity contribution in [2.24, 2.45) is 0 Å². The Morgan fingerprint density at radius 3 is 1.00 bits per heavy atom. The summed E-state index contributed by atoms with van der Waals surface area (Å²) in [6.45, 7) is 0. The summed E-state index contributed by atoms with van der Waals surface area (Å²) in [5, 5.41) is 0. The van der Waals surface area contributed by atoms with E-state index in [-0.39, 0.29) is 77.6 Å². The zero-order valence-corrected chi connectivity index (χ0v) is 0.707. The molecule has 0 aliphatic carbocycles. The molecule has 0 rings (SSSR count). The topological polar surface area (TPSA) is 35.0 Å². The molecule has 0 saturated heterocycles. The summed E-state index contributed by atoms with van der Waals surface area (Å²) in [6, 6.07) is 0. The molecule has 0 amide bonds. The molecule has 0 atom stereocenters. The summed E-state index contributed by atoms with van der Waals surface area (Å²) in [5.41, 5.74) is 0. The molecule has 5 heavy (non-hydrogen) atoms. The van der Waals surface area contributed by atoms with E-state index in [1.54, 1.807) is 0 Å². The van der Waals surface area contributed by atoms with Crippen molar-refractivity contribution in [3.63, 3.8) is 0 Å². The molecule has 0 bridgehead atoms. The third kappa shape index (κ3) is 23.5. The molecule has 0 aromatic heterocycles. The summed E-state index contributed by atoms with van der Waals surface area (Å²) in [6.07, 6.45) is 0. The molecule has 0 saturated carbocycles. The number of hydrogen-bond donors (Lipinski definition) is 1. The van der Waals surface area contributed by atoms with Gasteiger partial charge in [-0.2, -0.15) is 0 Å². The van der Waals surface area contributed by atoms with Crippen molar-refractivity contribution in [2.75, 3.05) is 0 Å². The molecule has 0 aromatic rings. The van der Waals surface area contributed by atoms with E-state index in [1.807, 2.05) is 0 Å². The van der Waals surface area contributed by atoms with Crippen LogP contribution in [0.15, 0.2) is 0 Å². The van der Waals surface area contributed by atoms with Gasteiger partial charge in [-0.25, -0.2) is 0 Å². The monoisotopic (exact) mass is 251 g/mol. The molecule has 0 radical (unpaired) electrons. The van der Waals surface area contributed by atoms with Crippen LogP contribution in [0.1, 0.15) is 0 Å². The van der Waals surface area contributed by atoms with Gasteiger partial charge >= 0.3 is 45.6 Å². The Morgan fingerprint density at radius 1 is 1.00 bits per heavy atom. The van der Waals surface area contributed by atoms with Gasteiger partial charge in [-0.15, -0.1) is 0 Å². The third-order valence-corrected chi connectivity index (χ3v) is 0. The summed E-state index contributed by atoms with van der Waals surface area (Å²) < 4.78 is 0. The van der Waals surface area contributed by atoms with Crippen molar-refractivity contribution in [1.82, 2.24) is 6.15 Å². The van der Waals surface area contributed by atoms with Gasteiger partial charge in [-0.1, -0.05) is 0 Å². The van der Waals surface area contributed by atoms with Gasteiger partial charge in [0.05, 0.1) is 8.41 Å². The molecule has 1 nitrogen and oxygen atoms in total. The van der Waals surface area contributed by atoms with Gasteiger partial charge in [-0.3, -0.25) is 0 Å². The quantitative estimate of drug-likeness (QED) is 0.432. The fourth-order valence-corrected chi connectivity index (χ4v) is 0. The average molecular weight is 251 g/mol. The Hall–Kier alpha value is 2.06. The first kappa shape index (κ1) is 61.0. The van der Waals surface area contributed by atoms with Crippen LogP contribution in [-0.4, -0.2) is 71.4 Å². The first-order valence-electron chi connectivity index (χ1n) is 0. The molecule has 32 valence electrons. The Bertz CT molecular complexity index is 11.6. The predicted molar refractivity (Wildman–Crippen MR) is 44.8 cm³/mol. The molecule has 0 spiro atoms. The molecule has 5 heteroatoms. The molecule has 3 N–H and O–H groups in total. The van der Waals surface area contributed by atoms with E-state index in [2.05, 4.69) is 0 Å². The SMILES string of the molecule is B.N.[AlH3].[GaH3].[InH3]. The van der Waals surface area contributed by atoms with E-state index < -0.39 is 0 Å². The van der Waals surface area contributed by atoms with Crippen LogP contribution in [0, 0.1) is 0 Å². The fraction of sp³-hybridized carbons (Fsp3) is 0. The second kappa shape index (κ2) is 36.5. The van der Waals surface area contributed by atoms with Crippen molar-refractivity contribution >= 4 is 71.4 Å². The molecule has 0 fully saturated rings. The first-order valence-corrected chi connectivity index (χ1v) is 0. The summed E-state index contributed by atoms with van der Waals surface area (Å²) in [5.74, 6) is 0. The third-order valence-electron chi connectivity index (χ3n) is 0. The Morgan fingerprint density at radius 2 is 1.00 bits per heavy atom. The Balaban J connectivity index is 0. The first-order chi connectivity index (χ1) is 0. The normalized spacial score (nSPS) is 0. The molecular weight excluding hydrogens is 236 g/mol. The maximum absolute atomic E-state index is 0. The van der Waals surface area contributed by atoms with Gasteiger partial charge in [0.2, 0.25) is 0 Å². The molecule has 0 aromatic carbocycles. The van der Waals surface area contributed by atoms with Crippen LogP contribution in [0.2, 0.25) is 0 Å². The van der Waals surface area contributed by atoms with Crippen molar-refractivity contribution in [1.29, 1.82) is 0 Å². The zero-order chi connectivity index (χ0) is 0. The fourth-order valence-electron chi connectivity index (χ4n) is 0. The standard InChI is InChI=1S/Al.BH3.Ga.In.H3N.9H/h;1H3;;;1H3;;;;;;;;;. The van der Waals surface area contributed by atoms with Crippen LogP contribution in [0.25, 0.3) is 0 Å². The van der Waals surface area contributed by atoms with Crippen LogP contribution in [-0.2, 0) is 0 Å². The van der Waals surface area contributed by atoms with Gasteiger partial charge < -0.3 is 6.15 Å². The van der Waals surface area contributed by atoms with Gasteiger partial charge in [0.25, 0.3) is 0 Å². The van der Waals surface area contributed by atoms with Crippen LogP contribution < -0.4 is 6.15 Å². The zero-order valence-electron chi connectivity index (χ0n) is 0.707. The van der Waals surface area contributed by atoms with Gasteiger partial charge in [0.15, 0.2) is 17.4 Å². The van der Waals surface area contributed by atoms with Crippen molar-refractivity contribution < 1.29 is 0 Å². The van der Waals surface area contributed by atoms with Gasteiger partial charge in [0.1, 0.15) is 0 Å². The second-order valence-electron chi connectivity index (χ2n) is 0. The molecule has 0 unspecified atom stereocenters. The maximum atomic E-state index is 0. The second-order valence-corrected chi connectivity index (χ2v) is 0. The number of hydrogen-bond acceptors (Lipinski definition) is 1. The van der Waals surface area contributed by atoms with Gasteiger partial charge in [-0.05, 0) is 0 Å². The Kier molecular flexibility index (Phi) is 445. The van der Waals surface area contributed by atoms with E-state index in [1.165, 1.54) is 0 Å². The van der Waals surface area contributed by atoms with Crippen molar-refractivity contribution in [3.8, 4) is 0 Å². The number of rotatable bonds is 0. The van der Waals surface area contributed by atoms with Crippen LogP contribution >= 0.6 is 0 Å². The van der Waals surface area contributed by atoms with Crippen LogP contribution in [0.4, 0.5) is 0 Å². The minimum atomic E-state index is 0. The summed E-state index contributed by atoms with van der Waals surface area (Å²) in [7, 11) is 0. The Labute approximate surface area is 76.8 Å². The van der Waals surface area contributed by atoms with Crippen molar-refractivity contribution in [3.05, 3.63) is 0 Å². The molecule has 0 aliphatic heterocycles. The van der Waals surface area contributed by atoms with Crippen molar-refractivity contribution in [2.45, 2.75) is 0 Å². The van der Waals surface area contributed by atoms with Gasteiger partial charge in [0, 0.05) is 0 Å². The molecule has 0 heterocycles. The summed E-state index contributed by atoms with van der Waals surface area (Å²) >= 11 is 0. The molecular formula is H15AlBGaInN. The summed E-state index contributed by atoms with van der Waals surface area (Å²) in [4.78, 5) is 0. The van der Waals surface area contributed by atoms with E-state index in [9.17, 15) is 0 Å². The van der Waals surface area contributed by atoms with Crippen LogP contribution in [0.5, 0.6) is 0 Å².